The van der Waals surface area contributed by atoms with Gasteiger partial charge in [-0.25, -0.2) is 0 Å². The summed E-state index contributed by atoms with van der Waals surface area (Å²) in [6.07, 6.45) is 0.480. The van der Waals surface area contributed by atoms with Gasteiger partial charge in [0.1, 0.15) is 0 Å². The van der Waals surface area contributed by atoms with Gasteiger partial charge in [0.15, 0.2) is 11.5 Å². The van der Waals surface area contributed by atoms with Crippen molar-refractivity contribution in [2.45, 2.75) is 26.3 Å². The number of hydrogen-bond donors (Lipinski definition) is 4. The highest BCUT2D eigenvalue weighted by Gasteiger charge is 2.17. The second kappa shape index (κ2) is 6.26. The van der Waals surface area contributed by atoms with Gasteiger partial charge in [-0.15, -0.1) is 0 Å². The normalized spacial score (nSPS) is 12.4. The summed E-state index contributed by atoms with van der Waals surface area (Å²) < 4.78 is 0. The highest BCUT2D eigenvalue weighted by molar-refractivity contribution is 5.95. The number of aliphatic hydroxyl groups is 1. The lowest BCUT2D eigenvalue weighted by atomic mass is 10.0. The number of carbonyl (C=O) groups excluding carboxylic acids is 1. The maximum Gasteiger partial charge on any atom is 0.251 e. The highest BCUT2D eigenvalue weighted by atomic mass is 16.3. The van der Waals surface area contributed by atoms with Gasteiger partial charge in [-0.2, -0.15) is 0 Å². The van der Waals surface area contributed by atoms with Gasteiger partial charge in [-0.3, -0.25) is 4.79 Å². The van der Waals surface area contributed by atoms with E-state index in [0.29, 0.717) is 6.42 Å². The Morgan fingerprint density at radius 3 is 2.44 bits per heavy atom. The summed E-state index contributed by atoms with van der Waals surface area (Å²) in [5.41, 5.74) is 0.272. The van der Waals surface area contributed by atoms with E-state index in [4.69, 9.17) is 10.2 Å². The molecule has 0 aliphatic rings. The summed E-state index contributed by atoms with van der Waals surface area (Å²) in [4.78, 5) is 11.9. The van der Waals surface area contributed by atoms with E-state index in [2.05, 4.69) is 5.32 Å². The molecule has 1 unspecified atom stereocenters. The number of amides is 1. The number of nitrogens with one attached hydrogen (secondary N) is 1. The van der Waals surface area contributed by atoms with E-state index in [1.807, 2.05) is 13.8 Å². The zero-order valence-electron chi connectivity index (χ0n) is 10.6. The van der Waals surface area contributed by atoms with Crippen LogP contribution in [0.25, 0.3) is 0 Å². The molecule has 100 valence electrons. The molecule has 5 nitrogen and oxygen atoms in total. The zero-order chi connectivity index (χ0) is 13.7. The van der Waals surface area contributed by atoms with E-state index in [1.165, 1.54) is 18.2 Å². The fourth-order valence-corrected chi connectivity index (χ4v) is 1.63. The van der Waals surface area contributed by atoms with Crippen LogP contribution in [0.1, 0.15) is 30.6 Å². The lowest BCUT2D eigenvalue weighted by Crippen LogP contribution is -2.39. The average molecular weight is 253 g/mol. The number of phenolic OH excluding ortho intramolecular Hbond substituents is 2. The van der Waals surface area contributed by atoms with Crippen molar-refractivity contribution in [1.29, 1.82) is 0 Å². The summed E-state index contributed by atoms with van der Waals surface area (Å²) in [6, 6.07) is 3.78. The molecule has 0 fully saturated rings. The molecule has 0 bridgehead atoms. The van der Waals surface area contributed by atoms with Crippen LogP contribution in [0.3, 0.4) is 0 Å². The molecule has 18 heavy (non-hydrogen) atoms. The maximum atomic E-state index is 11.9. The van der Waals surface area contributed by atoms with Crippen molar-refractivity contribution < 1.29 is 20.1 Å². The van der Waals surface area contributed by atoms with Crippen LogP contribution in [0.5, 0.6) is 11.5 Å². The molecular weight excluding hydrogens is 234 g/mol. The van der Waals surface area contributed by atoms with Crippen LogP contribution in [0.15, 0.2) is 18.2 Å². The predicted molar refractivity (Wildman–Crippen MR) is 67.6 cm³/mol. The van der Waals surface area contributed by atoms with Crippen LogP contribution in [0.2, 0.25) is 0 Å². The molecule has 0 saturated heterocycles. The van der Waals surface area contributed by atoms with Crippen molar-refractivity contribution in [3.8, 4) is 11.5 Å². The third-order valence-electron chi connectivity index (χ3n) is 2.80. The first kappa shape index (κ1) is 14.3. The minimum atomic E-state index is -0.336. The van der Waals surface area contributed by atoms with Crippen molar-refractivity contribution in [3.63, 3.8) is 0 Å². The fourth-order valence-electron chi connectivity index (χ4n) is 1.63. The van der Waals surface area contributed by atoms with E-state index in [0.717, 1.165) is 0 Å². The number of rotatable bonds is 5. The Morgan fingerprint density at radius 1 is 1.28 bits per heavy atom. The second-order valence-corrected chi connectivity index (χ2v) is 4.54. The molecule has 4 N–H and O–H groups in total. The van der Waals surface area contributed by atoms with E-state index in [-0.39, 0.29) is 41.5 Å². The number of hydrogen-bond acceptors (Lipinski definition) is 4. The summed E-state index contributed by atoms with van der Waals surface area (Å²) >= 11 is 0. The summed E-state index contributed by atoms with van der Waals surface area (Å²) in [5.74, 6) is -0.725. The zero-order valence-corrected chi connectivity index (χ0v) is 10.6. The lowest BCUT2D eigenvalue weighted by Gasteiger charge is -2.21. The quantitative estimate of drug-likeness (QED) is 0.594. The summed E-state index contributed by atoms with van der Waals surface area (Å²) in [6.45, 7) is 3.91. The molecule has 0 spiro atoms. The number of phenols is 2. The van der Waals surface area contributed by atoms with Crippen molar-refractivity contribution in [1.82, 2.24) is 5.32 Å². The fraction of sp³-hybridized carbons (Fsp3) is 0.462. The molecule has 0 aliphatic heterocycles. The predicted octanol–water partition coefficient (Wildman–Crippen LogP) is 1.23. The third kappa shape index (κ3) is 3.63. The largest absolute Gasteiger partial charge is 0.504 e. The van der Waals surface area contributed by atoms with Crippen molar-refractivity contribution >= 4 is 5.91 Å². The minimum absolute atomic E-state index is 0.00392. The van der Waals surface area contributed by atoms with Crippen molar-refractivity contribution in [2.24, 2.45) is 5.92 Å². The van der Waals surface area contributed by atoms with Crippen LogP contribution in [0.4, 0.5) is 0 Å². The Bertz CT molecular complexity index is 417. The van der Waals surface area contributed by atoms with Gasteiger partial charge in [-0.05, 0) is 30.5 Å². The van der Waals surface area contributed by atoms with Crippen molar-refractivity contribution in [3.05, 3.63) is 23.8 Å². The third-order valence-corrected chi connectivity index (χ3v) is 2.80. The van der Waals surface area contributed by atoms with Gasteiger partial charge < -0.3 is 20.6 Å². The van der Waals surface area contributed by atoms with Crippen LogP contribution in [-0.2, 0) is 0 Å². The second-order valence-electron chi connectivity index (χ2n) is 4.54. The first-order valence-corrected chi connectivity index (χ1v) is 5.89. The van der Waals surface area contributed by atoms with Gasteiger partial charge in [0.05, 0.1) is 0 Å². The molecule has 0 radical (unpaired) electrons. The number of carbonyl (C=O) groups is 1. The first-order valence-electron chi connectivity index (χ1n) is 5.89. The molecule has 1 atom stereocenters. The Kier molecular flexibility index (Phi) is 4.97. The molecule has 1 amide bonds. The summed E-state index contributed by atoms with van der Waals surface area (Å²) in [5, 5.41) is 30.2. The van der Waals surface area contributed by atoms with E-state index < -0.39 is 0 Å². The molecule has 0 aliphatic carbocycles. The smallest absolute Gasteiger partial charge is 0.251 e. The minimum Gasteiger partial charge on any atom is -0.504 e. The lowest BCUT2D eigenvalue weighted by molar-refractivity contribution is 0.0916. The van der Waals surface area contributed by atoms with Crippen LogP contribution in [0, 0.1) is 5.92 Å². The SMILES string of the molecule is CC(C)C(CCO)NC(=O)c1ccc(O)c(O)c1. The summed E-state index contributed by atoms with van der Waals surface area (Å²) in [7, 11) is 0. The Hall–Kier alpha value is -1.75. The first-order chi connectivity index (χ1) is 8.45. The van der Waals surface area contributed by atoms with Gasteiger partial charge >= 0.3 is 0 Å². The number of aliphatic hydroxyl groups excluding tert-OH is 1. The molecule has 1 aromatic carbocycles. The highest BCUT2D eigenvalue weighted by Crippen LogP contribution is 2.24. The Labute approximate surface area is 106 Å². The van der Waals surface area contributed by atoms with E-state index in [9.17, 15) is 9.90 Å². The van der Waals surface area contributed by atoms with Crippen LogP contribution in [-0.4, -0.2) is 33.9 Å². The molecule has 5 heteroatoms. The Balaban J connectivity index is 2.77. The molecule has 1 rings (SSSR count). The van der Waals surface area contributed by atoms with Gasteiger partial charge in [0, 0.05) is 18.2 Å². The number of aromatic hydroxyl groups is 2. The van der Waals surface area contributed by atoms with Crippen molar-refractivity contribution in [2.75, 3.05) is 6.61 Å². The molecule has 0 aromatic heterocycles. The van der Waals surface area contributed by atoms with E-state index in [1.54, 1.807) is 0 Å². The average Bonchev–Trinajstić information content (AvgIpc) is 2.31. The maximum absolute atomic E-state index is 11.9. The van der Waals surface area contributed by atoms with Gasteiger partial charge in [0.25, 0.3) is 5.91 Å². The Morgan fingerprint density at radius 2 is 1.94 bits per heavy atom. The molecule has 0 saturated carbocycles. The van der Waals surface area contributed by atoms with Gasteiger partial charge in [0.2, 0.25) is 0 Å². The van der Waals surface area contributed by atoms with Crippen LogP contribution < -0.4 is 5.32 Å². The monoisotopic (exact) mass is 253 g/mol. The molecule has 1 aromatic rings. The van der Waals surface area contributed by atoms with E-state index >= 15 is 0 Å². The van der Waals surface area contributed by atoms with Crippen LogP contribution >= 0.6 is 0 Å². The topological polar surface area (TPSA) is 89.8 Å². The van der Waals surface area contributed by atoms with Gasteiger partial charge in [-0.1, -0.05) is 13.8 Å². The molecule has 0 heterocycles. The number of benzene rings is 1. The molecular formula is C13H19NO4. The standard InChI is InChI=1S/C13H19NO4/c1-8(2)10(5-6-15)14-13(18)9-3-4-11(16)12(17)7-9/h3-4,7-8,10,15-17H,5-6H2,1-2H3,(H,14,18).